The highest BCUT2D eigenvalue weighted by molar-refractivity contribution is 6.04. The second-order valence-corrected chi connectivity index (χ2v) is 6.83. The first-order valence-corrected chi connectivity index (χ1v) is 8.96. The van der Waals surface area contributed by atoms with Gasteiger partial charge in [0.25, 0.3) is 5.91 Å². The van der Waals surface area contributed by atoms with Crippen LogP contribution in [0.15, 0.2) is 59.7 Å². The molecular weight excluding hydrogens is 373 g/mol. The van der Waals surface area contributed by atoms with Crippen molar-refractivity contribution in [2.45, 2.75) is 13.5 Å². The lowest BCUT2D eigenvalue weighted by atomic mass is 10.1. The van der Waals surface area contributed by atoms with Crippen LogP contribution in [0.3, 0.4) is 0 Å². The Hall–Kier alpha value is -3.81. The molecule has 0 aliphatic heterocycles. The summed E-state index contributed by atoms with van der Waals surface area (Å²) in [5.74, 6) is -0.934. The first kappa shape index (κ1) is 18.5. The molecule has 29 heavy (non-hydrogen) atoms. The van der Waals surface area contributed by atoms with Gasteiger partial charge in [-0.3, -0.25) is 19.0 Å². The van der Waals surface area contributed by atoms with Gasteiger partial charge in [-0.2, -0.15) is 10.2 Å². The van der Waals surface area contributed by atoms with Gasteiger partial charge in [-0.25, -0.2) is 4.39 Å². The van der Waals surface area contributed by atoms with Crippen molar-refractivity contribution in [3.63, 3.8) is 0 Å². The number of halogens is 1. The Morgan fingerprint density at radius 1 is 1.21 bits per heavy atom. The van der Waals surface area contributed by atoms with Crippen LogP contribution in [0.5, 0.6) is 0 Å². The van der Waals surface area contributed by atoms with E-state index < -0.39 is 11.3 Å². The Bertz CT molecular complexity index is 1290. The van der Waals surface area contributed by atoms with E-state index in [1.54, 1.807) is 42.2 Å². The fraction of sp³-hybridized carbons (Fsp3) is 0.143. The predicted octanol–water partition coefficient (Wildman–Crippen LogP) is 2.88. The number of hydrogen-bond donors (Lipinski definition) is 1. The average Bonchev–Trinajstić information content (AvgIpc) is 3.11. The minimum Gasteiger partial charge on any atom is -0.318 e. The number of anilines is 1. The topological polar surface area (TPSA) is 81.8 Å². The van der Waals surface area contributed by atoms with Crippen molar-refractivity contribution >= 4 is 22.5 Å². The number of nitrogens with zero attached hydrogens (tertiary/aromatic N) is 4. The summed E-state index contributed by atoms with van der Waals surface area (Å²) in [7, 11) is 1.69. The largest absolute Gasteiger partial charge is 0.318 e. The van der Waals surface area contributed by atoms with Crippen molar-refractivity contribution in [2.24, 2.45) is 7.05 Å². The van der Waals surface area contributed by atoms with Crippen LogP contribution in [-0.2, 0) is 13.6 Å². The number of carbonyl (C=O) groups excluding carboxylic acids is 1. The third-order valence-electron chi connectivity index (χ3n) is 4.55. The van der Waals surface area contributed by atoms with Gasteiger partial charge in [0.05, 0.1) is 29.3 Å². The summed E-state index contributed by atoms with van der Waals surface area (Å²) in [6.45, 7) is 2.23. The lowest BCUT2D eigenvalue weighted by Crippen LogP contribution is -2.26. The Morgan fingerprint density at radius 2 is 2.03 bits per heavy atom. The summed E-state index contributed by atoms with van der Waals surface area (Å²) < 4.78 is 16.4. The first-order chi connectivity index (χ1) is 13.9. The van der Waals surface area contributed by atoms with E-state index in [2.05, 4.69) is 15.5 Å². The highest BCUT2D eigenvalue weighted by atomic mass is 19.1. The van der Waals surface area contributed by atoms with Gasteiger partial charge in [0.15, 0.2) is 5.69 Å². The number of fused-ring (bicyclic) bond motifs is 1. The summed E-state index contributed by atoms with van der Waals surface area (Å²) in [5.41, 5.74) is 2.12. The molecule has 146 valence electrons. The Balaban J connectivity index is 1.58. The van der Waals surface area contributed by atoms with E-state index in [0.717, 1.165) is 11.1 Å². The van der Waals surface area contributed by atoms with Crippen LogP contribution in [0.1, 0.15) is 21.6 Å². The first-order valence-electron chi connectivity index (χ1n) is 8.96. The third kappa shape index (κ3) is 3.77. The summed E-state index contributed by atoms with van der Waals surface area (Å²) >= 11 is 0. The van der Waals surface area contributed by atoms with Crippen LogP contribution < -0.4 is 10.7 Å². The van der Waals surface area contributed by atoms with Crippen molar-refractivity contribution in [1.29, 1.82) is 0 Å². The number of hydrogen-bond acceptors (Lipinski definition) is 4. The fourth-order valence-electron chi connectivity index (χ4n) is 3.17. The average molecular weight is 391 g/mol. The number of rotatable bonds is 4. The number of amides is 1. The summed E-state index contributed by atoms with van der Waals surface area (Å²) in [4.78, 5) is 25.4. The molecule has 0 saturated heterocycles. The van der Waals surface area contributed by atoms with E-state index >= 15 is 0 Å². The lowest BCUT2D eigenvalue weighted by molar-refractivity contribution is 0.101. The van der Waals surface area contributed by atoms with Crippen molar-refractivity contribution in [1.82, 2.24) is 19.6 Å². The number of aromatic nitrogens is 4. The van der Waals surface area contributed by atoms with Gasteiger partial charge in [-0.05, 0) is 36.8 Å². The molecule has 0 unspecified atom stereocenters. The van der Waals surface area contributed by atoms with Crippen LogP contribution >= 0.6 is 0 Å². The van der Waals surface area contributed by atoms with Gasteiger partial charge < -0.3 is 5.32 Å². The zero-order chi connectivity index (χ0) is 20.5. The molecule has 0 spiro atoms. The maximum atomic E-state index is 13.3. The maximum Gasteiger partial charge on any atom is 0.280 e. The van der Waals surface area contributed by atoms with Crippen LogP contribution in [0, 0.1) is 12.7 Å². The second-order valence-electron chi connectivity index (χ2n) is 6.83. The molecule has 1 N–H and O–H groups in total. The highest BCUT2D eigenvalue weighted by Gasteiger charge is 2.17. The quantitative estimate of drug-likeness (QED) is 0.580. The van der Waals surface area contributed by atoms with Crippen molar-refractivity contribution in [2.75, 3.05) is 5.32 Å². The zero-order valence-corrected chi connectivity index (χ0v) is 15.9. The molecule has 0 bridgehead atoms. The van der Waals surface area contributed by atoms with Gasteiger partial charge in [0, 0.05) is 13.2 Å². The molecule has 2 aromatic heterocycles. The van der Waals surface area contributed by atoms with Gasteiger partial charge in [-0.15, -0.1) is 0 Å². The molecule has 0 aliphatic carbocycles. The van der Waals surface area contributed by atoms with E-state index in [9.17, 15) is 14.0 Å². The molecule has 0 atom stereocenters. The molecule has 0 aliphatic rings. The van der Waals surface area contributed by atoms with Crippen molar-refractivity contribution in [3.8, 4) is 0 Å². The molecule has 0 fully saturated rings. The maximum absolute atomic E-state index is 13.3. The normalized spacial score (nSPS) is 11.0. The van der Waals surface area contributed by atoms with E-state index in [1.165, 1.54) is 23.0 Å². The van der Waals surface area contributed by atoms with Crippen molar-refractivity contribution < 1.29 is 9.18 Å². The fourth-order valence-corrected chi connectivity index (χ4v) is 3.17. The number of benzene rings is 2. The minimum atomic E-state index is -0.612. The zero-order valence-electron chi connectivity index (χ0n) is 15.9. The molecule has 0 radical (unpaired) electrons. The molecule has 1 amide bonds. The lowest BCUT2D eigenvalue weighted by Gasteiger charge is -2.08. The van der Waals surface area contributed by atoms with E-state index in [-0.39, 0.29) is 11.5 Å². The molecule has 2 heterocycles. The smallest absolute Gasteiger partial charge is 0.280 e. The van der Waals surface area contributed by atoms with Gasteiger partial charge in [0.2, 0.25) is 5.43 Å². The van der Waals surface area contributed by atoms with Gasteiger partial charge in [-0.1, -0.05) is 23.8 Å². The van der Waals surface area contributed by atoms with Crippen LogP contribution in [0.4, 0.5) is 10.1 Å². The van der Waals surface area contributed by atoms with Crippen LogP contribution in [0.25, 0.3) is 10.9 Å². The number of aryl methyl sites for hydroxylation is 2. The van der Waals surface area contributed by atoms with E-state index in [4.69, 9.17) is 0 Å². The van der Waals surface area contributed by atoms with Gasteiger partial charge in [0.1, 0.15) is 5.82 Å². The molecule has 0 saturated carbocycles. The standard InChI is InChI=1S/C21H18FN5O2/c1-13-6-7-18-17(8-13)20(28)19(25-26(18)2)21(29)24-16-10-23-27(12-16)11-14-4-3-5-15(22)9-14/h3-10,12H,11H2,1-2H3,(H,24,29). The Morgan fingerprint density at radius 3 is 2.83 bits per heavy atom. The van der Waals surface area contributed by atoms with E-state index in [1.807, 2.05) is 13.0 Å². The SMILES string of the molecule is Cc1ccc2c(c1)c(=O)c(C(=O)Nc1cnn(Cc3cccc(F)c3)c1)nn2C. The van der Waals surface area contributed by atoms with Crippen LogP contribution in [0.2, 0.25) is 0 Å². The number of carbonyl (C=O) groups is 1. The molecule has 2 aromatic carbocycles. The Kier molecular flexibility index (Phi) is 4.67. The molecule has 4 rings (SSSR count). The second kappa shape index (κ2) is 7.31. The molecular formula is C21H18FN5O2. The molecule has 8 heteroatoms. The highest BCUT2D eigenvalue weighted by Crippen LogP contribution is 2.13. The predicted molar refractivity (Wildman–Crippen MR) is 107 cm³/mol. The molecule has 4 aromatic rings. The van der Waals surface area contributed by atoms with Crippen molar-refractivity contribution in [3.05, 3.63) is 87.7 Å². The van der Waals surface area contributed by atoms with Crippen LogP contribution in [-0.4, -0.2) is 25.5 Å². The van der Waals surface area contributed by atoms with E-state index in [0.29, 0.717) is 23.1 Å². The van der Waals surface area contributed by atoms with Gasteiger partial charge >= 0.3 is 0 Å². The minimum absolute atomic E-state index is 0.191. The summed E-state index contributed by atoms with van der Waals surface area (Å²) in [6, 6.07) is 11.6. The summed E-state index contributed by atoms with van der Waals surface area (Å²) in [6.07, 6.45) is 3.07. The molecule has 7 nitrogen and oxygen atoms in total. The number of nitrogens with one attached hydrogen (secondary N) is 1. The monoisotopic (exact) mass is 391 g/mol. The Labute approximate surface area is 165 Å². The summed E-state index contributed by atoms with van der Waals surface area (Å²) in [5, 5.41) is 11.4. The third-order valence-corrected chi connectivity index (χ3v) is 4.55.